The molecule has 0 amide bonds. The minimum absolute atomic E-state index is 0.0106. The van der Waals surface area contributed by atoms with Crippen LogP contribution in [0.5, 0.6) is 11.5 Å². The molecule has 0 aliphatic carbocycles. The average Bonchev–Trinajstić information content (AvgIpc) is 2.80. The van der Waals surface area contributed by atoms with Crippen LogP contribution in [0.25, 0.3) is 0 Å². The Balaban J connectivity index is 1.89. The van der Waals surface area contributed by atoms with Crippen molar-refractivity contribution in [2.45, 2.75) is 11.8 Å². The van der Waals surface area contributed by atoms with E-state index in [-0.39, 0.29) is 16.9 Å². The first-order valence-electron chi connectivity index (χ1n) is 10.7. The van der Waals surface area contributed by atoms with E-state index in [9.17, 15) is 13.0 Å². The Kier molecular flexibility index (Phi) is 8.23. The largest absolute Gasteiger partial charge is 0.495 e. The van der Waals surface area contributed by atoms with E-state index in [0.29, 0.717) is 24.6 Å². The molecule has 8 nitrogen and oxygen atoms in total. The molecule has 0 fully saturated rings. The van der Waals surface area contributed by atoms with Crippen LogP contribution in [0.15, 0.2) is 71.9 Å². The van der Waals surface area contributed by atoms with Gasteiger partial charge in [0.2, 0.25) is 0 Å². The molecule has 0 aliphatic heterocycles. The van der Waals surface area contributed by atoms with Crippen molar-refractivity contribution in [1.82, 2.24) is 4.98 Å². The maximum atomic E-state index is 13.7. The molecule has 0 saturated carbocycles. The molecule has 1 aromatic heterocycles. The quantitative estimate of drug-likeness (QED) is 0.300. The number of sulfonamides is 1. The average molecular weight is 504 g/mol. The summed E-state index contributed by atoms with van der Waals surface area (Å²) in [5.74, 6) is 0.745. The highest BCUT2D eigenvalue weighted by molar-refractivity contribution is 7.93. The van der Waals surface area contributed by atoms with Gasteiger partial charge in [-0.05, 0) is 62.2 Å². The molecule has 3 aromatic rings. The van der Waals surface area contributed by atoms with Gasteiger partial charge in [-0.2, -0.15) is 0 Å². The van der Waals surface area contributed by atoms with Crippen molar-refractivity contribution in [2.24, 2.45) is 0 Å². The van der Waals surface area contributed by atoms with E-state index in [1.54, 1.807) is 56.1 Å². The molecular formula is C24H30N3O5PS. The molecule has 1 heterocycles. The van der Waals surface area contributed by atoms with Crippen molar-refractivity contribution < 1.29 is 22.5 Å². The van der Waals surface area contributed by atoms with Gasteiger partial charge in [0.05, 0.1) is 19.1 Å². The van der Waals surface area contributed by atoms with E-state index in [0.717, 1.165) is 11.3 Å². The number of aryl methyl sites for hydroxylation is 1. The highest BCUT2D eigenvalue weighted by Crippen LogP contribution is 2.42. The summed E-state index contributed by atoms with van der Waals surface area (Å²) in [6.07, 6.45) is 3.25. The van der Waals surface area contributed by atoms with Crippen molar-refractivity contribution >= 4 is 28.5 Å². The van der Waals surface area contributed by atoms with Crippen LogP contribution in [-0.4, -0.2) is 53.3 Å². The maximum Gasteiger partial charge on any atom is 0.268 e. The highest BCUT2D eigenvalue weighted by Gasteiger charge is 2.31. The highest BCUT2D eigenvalue weighted by atomic mass is 32.2. The topological polar surface area (TPSA) is 97.8 Å². The fourth-order valence-corrected chi connectivity index (χ4v) is 6.85. The molecule has 0 radical (unpaired) electrons. The van der Waals surface area contributed by atoms with Crippen molar-refractivity contribution in [3.8, 4) is 11.5 Å². The molecule has 10 heteroatoms. The van der Waals surface area contributed by atoms with Gasteiger partial charge in [-0.1, -0.05) is 12.1 Å². The standard InChI is InChI=1S/C24H30N3O5PS/c1-19-15-21(17-22(16-19)32-14-13-26-20-9-11-25-12-10-20)27(18-33(3,4)28)34(29,30)24-8-6-5-7-23(24)31-2/h5-12,15-17H,13-14,18H2,1-4H3,(H,25,26). The lowest BCUT2D eigenvalue weighted by atomic mass is 10.2. The number of rotatable bonds is 11. The van der Waals surface area contributed by atoms with E-state index in [1.807, 2.05) is 25.1 Å². The molecule has 34 heavy (non-hydrogen) atoms. The summed E-state index contributed by atoms with van der Waals surface area (Å²) < 4.78 is 52.5. The summed E-state index contributed by atoms with van der Waals surface area (Å²) in [5, 5.41) is 3.23. The summed E-state index contributed by atoms with van der Waals surface area (Å²) in [4.78, 5) is 3.99. The van der Waals surface area contributed by atoms with Crippen LogP contribution in [-0.2, 0) is 14.6 Å². The van der Waals surface area contributed by atoms with Crippen molar-refractivity contribution in [1.29, 1.82) is 0 Å². The second kappa shape index (κ2) is 10.9. The Bertz CT molecular complexity index is 1260. The first-order chi connectivity index (χ1) is 16.1. The fourth-order valence-electron chi connectivity index (χ4n) is 3.35. The third-order valence-electron chi connectivity index (χ3n) is 4.81. The van der Waals surface area contributed by atoms with Gasteiger partial charge in [0, 0.05) is 30.7 Å². The van der Waals surface area contributed by atoms with Gasteiger partial charge in [0.15, 0.2) is 0 Å². The monoisotopic (exact) mass is 503 g/mol. The predicted octanol–water partition coefficient (Wildman–Crippen LogP) is 4.67. The Labute approximate surface area is 201 Å². The number of nitrogens with one attached hydrogen (secondary N) is 1. The van der Waals surface area contributed by atoms with Crippen LogP contribution in [0.1, 0.15) is 5.56 Å². The maximum absolute atomic E-state index is 13.7. The third kappa shape index (κ3) is 6.74. The molecule has 0 atom stereocenters. The zero-order chi connectivity index (χ0) is 24.8. The van der Waals surface area contributed by atoms with E-state index in [2.05, 4.69) is 10.3 Å². The van der Waals surface area contributed by atoms with Crippen LogP contribution in [0, 0.1) is 6.92 Å². The molecule has 182 valence electrons. The summed E-state index contributed by atoms with van der Waals surface area (Å²) in [7, 11) is -5.41. The second-order valence-electron chi connectivity index (χ2n) is 8.24. The number of hydrogen-bond acceptors (Lipinski definition) is 7. The molecular weight excluding hydrogens is 473 g/mol. The number of methoxy groups -OCH3 is 1. The summed E-state index contributed by atoms with van der Waals surface area (Å²) in [6, 6.07) is 15.3. The number of para-hydroxylation sites is 1. The smallest absolute Gasteiger partial charge is 0.268 e. The molecule has 0 spiro atoms. The first-order valence-corrected chi connectivity index (χ1v) is 14.9. The van der Waals surface area contributed by atoms with Crippen molar-refractivity contribution in [3.63, 3.8) is 0 Å². The van der Waals surface area contributed by atoms with Crippen LogP contribution in [0.4, 0.5) is 11.4 Å². The van der Waals surface area contributed by atoms with E-state index in [1.165, 1.54) is 17.5 Å². The van der Waals surface area contributed by atoms with E-state index in [4.69, 9.17) is 9.47 Å². The SMILES string of the molecule is COc1ccccc1S(=O)(=O)N(CP(C)(C)=O)c1cc(C)cc(OCCNc2ccncc2)c1. The van der Waals surface area contributed by atoms with Crippen LogP contribution in [0.2, 0.25) is 0 Å². The van der Waals surface area contributed by atoms with Gasteiger partial charge in [-0.25, -0.2) is 8.42 Å². The third-order valence-corrected chi connectivity index (χ3v) is 7.78. The number of hydrogen-bond donors (Lipinski definition) is 1. The number of pyridine rings is 1. The number of nitrogens with zero attached hydrogens (tertiary/aromatic N) is 2. The summed E-state index contributed by atoms with van der Waals surface area (Å²) in [6.45, 7) is 5.91. The van der Waals surface area contributed by atoms with Crippen LogP contribution in [0.3, 0.4) is 0 Å². The zero-order valence-electron chi connectivity index (χ0n) is 19.8. The lowest BCUT2D eigenvalue weighted by Gasteiger charge is -2.27. The van der Waals surface area contributed by atoms with Crippen LogP contribution < -0.4 is 19.1 Å². The van der Waals surface area contributed by atoms with Gasteiger partial charge >= 0.3 is 0 Å². The number of aromatic nitrogens is 1. The molecule has 0 aliphatic rings. The summed E-state index contributed by atoms with van der Waals surface area (Å²) >= 11 is 0. The van der Waals surface area contributed by atoms with Gasteiger partial charge in [-0.3, -0.25) is 9.29 Å². The van der Waals surface area contributed by atoms with Gasteiger partial charge in [0.1, 0.15) is 30.1 Å². The van der Waals surface area contributed by atoms with Crippen LogP contribution >= 0.6 is 7.14 Å². The Morgan fingerprint density at radius 2 is 1.76 bits per heavy atom. The number of anilines is 2. The molecule has 2 aromatic carbocycles. The normalized spacial score (nSPS) is 11.6. The number of benzene rings is 2. The summed E-state index contributed by atoms with van der Waals surface area (Å²) in [5.41, 5.74) is 2.13. The molecule has 0 saturated heterocycles. The minimum Gasteiger partial charge on any atom is -0.495 e. The molecule has 0 unspecified atom stereocenters. The minimum atomic E-state index is -4.06. The lowest BCUT2D eigenvalue weighted by molar-refractivity contribution is 0.333. The van der Waals surface area contributed by atoms with Gasteiger partial charge in [-0.15, -0.1) is 0 Å². The predicted molar refractivity (Wildman–Crippen MR) is 136 cm³/mol. The van der Waals surface area contributed by atoms with Crippen molar-refractivity contribution in [2.75, 3.05) is 49.5 Å². The first kappa shape index (κ1) is 25.6. The lowest BCUT2D eigenvalue weighted by Crippen LogP contribution is -2.32. The Morgan fingerprint density at radius 3 is 2.44 bits per heavy atom. The van der Waals surface area contributed by atoms with Gasteiger partial charge < -0.3 is 19.4 Å². The second-order valence-corrected chi connectivity index (χ2v) is 13.5. The Morgan fingerprint density at radius 1 is 1.06 bits per heavy atom. The molecule has 0 bridgehead atoms. The zero-order valence-corrected chi connectivity index (χ0v) is 21.5. The van der Waals surface area contributed by atoms with E-state index < -0.39 is 17.2 Å². The van der Waals surface area contributed by atoms with Crippen molar-refractivity contribution in [3.05, 3.63) is 72.6 Å². The van der Waals surface area contributed by atoms with Gasteiger partial charge in [0.25, 0.3) is 10.0 Å². The molecule has 1 N–H and O–H groups in total. The number of ether oxygens (including phenoxy) is 2. The fraction of sp³-hybridized carbons (Fsp3) is 0.292. The Hall–Kier alpha value is -3.03. The van der Waals surface area contributed by atoms with E-state index >= 15 is 0 Å². The molecule has 3 rings (SSSR count).